The molecule has 6 nitrogen and oxygen atoms in total. The lowest BCUT2D eigenvalue weighted by Gasteiger charge is -2.33. The molecular weight excluding hydrogens is 316 g/mol. The molecule has 1 saturated heterocycles. The number of aromatic nitrogens is 3. The minimum absolute atomic E-state index is 0.131. The summed E-state index contributed by atoms with van der Waals surface area (Å²) in [5, 5.41) is 6.53. The van der Waals surface area contributed by atoms with E-state index in [0.717, 1.165) is 26.1 Å². The first kappa shape index (κ1) is 16.5. The summed E-state index contributed by atoms with van der Waals surface area (Å²) in [6.45, 7) is 10.5. The highest BCUT2D eigenvalue weighted by atomic mass is 16.5. The molecule has 0 radical (unpaired) electrons. The van der Waals surface area contributed by atoms with Gasteiger partial charge in [-0.05, 0) is 23.0 Å². The Kier molecular flexibility index (Phi) is 3.85. The molecule has 1 atom stereocenters. The Hall–Kier alpha value is -1.92. The maximum absolute atomic E-state index is 11.9. The van der Waals surface area contributed by atoms with Crippen molar-refractivity contribution in [2.24, 2.45) is 0 Å². The molecule has 2 aliphatic heterocycles. The highest BCUT2D eigenvalue weighted by Gasteiger charge is 2.43. The summed E-state index contributed by atoms with van der Waals surface area (Å²) in [4.78, 5) is 14.3. The molecule has 2 aromatic rings. The van der Waals surface area contributed by atoms with Gasteiger partial charge in [0.1, 0.15) is 12.2 Å². The average Bonchev–Trinajstić information content (AvgIpc) is 3.12. The van der Waals surface area contributed by atoms with Crippen molar-refractivity contribution in [3.8, 4) is 0 Å². The SMILES string of the molecule is CC(C)(C)c1ccc(CN2CCC3(C2)Cn2c(n[nH]c2=O)CO3)cc1. The van der Waals surface area contributed by atoms with Crippen LogP contribution in [-0.2, 0) is 29.8 Å². The van der Waals surface area contributed by atoms with Crippen LogP contribution in [0.1, 0.15) is 44.1 Å². The fourth-order valence-electron chi connectivity index (χ4n) is 3.85. The smallest absolute Gasteiger partial charge is 0.343 e. The van der Waals surface area contributed by atoms with Gasteiger partial charge in [0.05, 0.1) is 6.54 Å². The fourth-order valence-corrected chi connectivity index (χ4v) is 3.85. The Labute approximate surface area is 147 Å². The number of benzene rings is 1. The van der Waals surface area contributed by atoms with E-state index in [-0.39, 0.29) is 16.7 Å². The predicted molar refractivity (Wildman–Crippen MR) is 95.4 cm³/mol. The third kappa shape index (κ3) is 3.16. The Morgan fingerprint density at radius 2 is 2.00 bits per heavy atom. The van der Waals surface area contributed by atoms with Gasteiger partial charge >= 0.3 is 5.69 Å². The van der Waals surface area contributed by atoms with Gasteiger partial charge in [-0.25, -0.2) is 9.89 Å². The number of H-pyrrole nitrogens is 1. The fraction of sp³-hybridized carbons (Fsp3) is 0.579. The summed E-state index contributed by atoms with van der Waals surface area (Å²) in [7, 11) is 0. The zero-order valence-electron chi connectivity index (χ0n) is 15.2. The lowest BCUT2D eigenvalue weighted by Crippen LogP contribution is -2.46. The van der Waals surface area contributed by atoms with E-state index >= 15 is 0 Å². The van der Waals surface area contributed by atoms with Crippen LogP contribution in [0.25, 0.3) is 0 Å². The number of nitrogens with one attached hydrogen (secondary N) is 1. The molecular formula is C19H26N4O2. The van der Waals surface area contributed by atoms with Gasteiger partial charge in [-0.15, -0.1) is 0 Å². The van der Waals surface area contributed by atoms with E-state index in [4.69, 9.17) is 4.74 Å². The molecule has 0 aliphatic carbocycles. The number of hydrogen-bond donors (Lipinski definition) is 1. The quantitative estimate of drug-likeness (QED) is 0.907. The molecule has 6 heteroatoms. The van der Waals surface area contributed by atoms with Crippen LogP contribution in [-0.4, -0.2) is 38.4 Å². The molecule has 1 N–H and O–H groups in total. The summed E-state index contributed by atoms with van der Waals surface area (Å²) < 4.78 is 7.84. The first-order chi connectivity index (χ1) is 11.8. The van der Waals surface area contributed by atoms with Crippen molar-refractivity contribution < 1.29 is 4.74 Å². The van der Waals surface area contributed by atoms with Gasteiger partial charge in [0, 0.05) is 19.6 Å². The molecule has 0 saturated carbocycles. The van der Waals surface area contributed by atoms with Gasteiger partial charge in [-0.2, -0.15) is 5.10 Å². The van der Waals surface area contributed by atoms with Gasteiger partial charge < -0.3 is 4.74 Å². The highest BCUT2D eigenvalue weighted by Crippen LogP contribution is 2.32. The second kappa shape index (κ2) is 5.81. The van der Waals surface area contributed by atoms with E-state index in [9.17, 15) is 4.79 Å². The number of fused-ring (bicyclic) bond motifs is 1. The highest BCUT2D eigenvalue weighted by molar-refractivity contribution is 5.27. The van der Waals surface area contributed by atoms with Gasteiger partial charge in [0.25, 0.3) is 0 Å². The molecule has 1 aromatic carbocycles. The summed E-state index contributed by atoms with van der Waals surface area (Å²) in [6.07, 6.45) is 0.949. The molecule has 3 heterocycles. The average molecular weight is 342 g/mol. The van der Waals surface area contributed by atoms with Crippen molar-refractivity contribution in [2.75, 3.05) is 13.1 Å². The Morgan fingerprint density at radius 1 is 1.24 bits per heavy atom. The summed E-state index contributed by atoms with van der Waals surface area (Å²) in [5.74, 6) is 0.701. The molecule has 4 rings (SSSR count). The number of ether oxygens (including phenoxy) is 1. The van der Waals surface area contributed by atoms with Crippen LogP contribution < -0.4 is 5.69 Å². The summed E-state index contributed by atoms with van der Waals surface area (Å²) >= 11 is 0. The van der Waals surface area contributed by atoms with Crippen molar-refractivity contribution in [1.29, 1.82) is 0 Å². The maximum Gasteiger partial charge on any atom is 0.343 e. The lowest BCUT2D eigenvalue weighted by atomic mass is 9.87. The van der Waals surface area contributed by atoms with E-state index < -0.39 is 0 Å². The number of nitrogens with zero attached hydrogens (tertiary/aromatic N) is 3. The number of hydrogen-bond acceptors (Lipinski definition) is 4. The molecule has 1 unspecified atom stereocenters. The van der Waals surface area contributed by atoms with E-state index in [2.05, 4.69) is 60.1 Å². The molecule has 1 fully saturated rings. The van der Waals surface area contributed by atoms with Crippen molar-refractivity contribution in [3.63, 3.8) is 0 Å². The van der Waals surface area contributed by atoms with Crippen LogP contribution in [0.4, 0.5) is 0 Å². The topological polar surface area (TPSA) is 63.2 Å². The third-order valence-corrected chi connectivity index (χ3v) is 5.41. The summed E-state index contributed by atoms with van der Waals surface area (Å²) in [6, 6.07) is 8.92. The number of aromatic amines is 1. The van der Waals surface area contributed by atoms with E-state index in [1.165, 1.54) is 11.1 Å². The first-order valence-corrected chi connectivity index (χ1v) is 8.95. The zero-order chi connectivity index (χ0) is 17.7. The standard InChI is InChI=1S/C19H26N4O2/c1-18(2,3)15-6-4-14(5-7-15)10-22-9-8-19(12-22)13-23-16(11-25-19)20-21-17(23)24/h4-7H,8-13H2,1-3H3,(H,21,24). The Bertz CT molecular complexity index is 815. The second-order valence-corrected chi connectivity index (χ2v) is 8.41. The van der Waals surface area contributed by atoms with Gasteiger partial charge in [0.15, 0.2) is 5.82 Å². The molecule has 25 heavy (non-hydrogen) atoms. The van der Waals surface area contributed by atoms with Crippen LogP contribution in [0.3, 0.4) is 0 Å². The largest absolute Gasteiger partial charge is 0.364 e. The van der Waals surface area contributed by atoms with Crippen molar-refractivity contribution in [3.05, 3.63) is 51.7 Å². The van der Waals surface area contributed by atoms with Gasteiger partial charge in [0.2, 0.25) is 0 Å². The van der Waals surface area contributed by atoms with Gasteiger partial charge in [-0.1, -0.05) is 45.0 Å². The van der Waals surface area contributed by atoms with E-state index in [0.29, 0.717) is 19.0 Å². The lowest BCUT2D eigenvalue weighted by molar-refractivity contribution is -0.0832. The van der Waals surface area contributed by atoms with E-state index in [1.54, 1.807) is 4.57 Å². The van der Waals surface area contributed by atoms with Crippen molar-refractivity contribution >= 4 is 0 Å². The third-order valence-electron chi connectivity index (χ3n) is 5.41. The normalized spacial score (nSPS) is 24.0. The molecule has 2 aliphatic rings. The van der Waals surface area contributed by atoms with Crippen LogP contribution >= 0.6 is 0 Å². The van der Waals surface area contributed by atoms with Crippen LogP contribution in [0.15, 0.2) is 29.1 Å². The molecule has 1 spiro atoms. The minimum Gasteiger partial charge on any atom is -0.364 e. The van der Waals surface area contributed by atoms with Crippen LogP contribution in [0.2, 0.25) is 0 Å². The first-order valence-electron chi connectivity index (χ1n) is 8.95. The number of likely N-dealkylation sites (tertiary alicyclic amines) is 1. The van der Waals surface area contributed by atoms with Crippen LogP contribution in [0.5, 0.6) is 0 Å². The van der Waals surface area contributed by atoms with Crippen LogP contribution in [0, 0.1) is 0 Å². The Morgan fingerprint density at radius 3 is 2.72 bits per heavy atom. The minimum atomic E-state index is -0.258. The molecule has 0 bridgehead atoms. The maximum atomic E-state index is 11.9. The second-order valence-electron chi connectivity index (χ2n) is 8.41. The molecule has 1 aromatic heterocycles. The van der Waals surface area contributed by atoms with Gasteiger partial charge in [-0.3, -0.25) is 9.47 Å². The summed E-state index contributed by atoms with van der Waals surface area (Å²) in [5.41, 5.74) is 2.47. The molecule has 0 amide bonds. The van der Waals surface area contributed by atoms with Crippen molar-refractivity contribution in [1.82, 2.24) is 19.7 Å². The Balaban J connectivity index is 1.43. The molecule has 134 valence electrons. The predicted octanol–water partition coefficient (Wildman–Crippen LogP) is 2.04. The number of rotatable bonds is 2. The van der Waals surface area contributed by atoms with Crippen molar-refractivity contribution in [2.45, 2.75) is 57.9 Å². The van der Waals surface area contributed by atoms with E-state index in [1.807, 2.05) is 0 Å². The monoisotopic (exact) mass is 342 g/mol. The zero-order valence-corrected chi connectivity index (χ0v) is 15.2.